The van der Waals surface area contributed by atoms with Crippen molar-refractivity contribution in [3.8, 4) is 5.75 Å². The monoisotopic (exact) mass is 383 g/mol. The van der Waals surface area contributed by atoms with Crippen LogP contribution in [0.3, 0.4) is 0 Å². The Kier molecular flexibility index (Phi) is 4.83. The summed E-state index contributed by atoms with van der Waals surface area (Å²) >= 11 is 0. The first kappa shape index (κ1) is 18.0. The fraction of sp³-hybridized carbons (Fsp3) is 0.667. The second-order valence-corrected chi connectivity index (χ2v) is 9.41. The van der Waals surface area contributed by atoms with Crippen molar-refractivity contribution in [2.45, 2.75) is 38.5 Å². The van der Waals surface area contributed by atoms with Gasteiger partial charge in [-0.15, -0.1) is 0 Å². The maximum atomic E-state index is 15.0. The van der Waals surface area contributed by atoms with Crippen LogP contribution < -0.4 is 14.3 Å². The molecule has 8 heteroatoms. The Morgan fingerprint density at radius 1 is 1.31 bits per heavy atom. The van der Waals surface area contributed by atoms with Crippen LogP contribution in [0.15, 0.2) is 6.07 Å². The number of anilines is 1. The van der Waals surface area contributed by atoms with Crippen molar-refractivity contribution in [1.29, 1.82) is 0 Å². The molecule has 1 aliphatic heterocycles. The first-order valence-electron chi connectivity index (χ1n) is 9.47. The molecule has 1 aromatic carbocycles. The molecule has 0 radical (unpaired) electrons. The van der Waals surface area contributed by atoms with E-state index in [4.69, 9.17) is 0 Å². The largest absolute Gasteiger partial charge is 0.506 e. The Balaban J connectivity index is 1.44. The predicted octanol–water partition coefficient (Wildman–Crippen LogP) is 1.68. The average Bonchev–Trinajstić information content (AvgIpc) is 3.09. The van der Waals surface area contributed by atoms with E-state index < -0.39 is 16.0 Å². The number of benzene rings is 1. The standard InChI is InChI=1S/C18H26FN3O3S/c19-17-15-9-13(11-20-5-4-12-2-1-3-12)8-14(15)10-16(23)18(17)22-7-6-21-26(22,24)25/h10,12-13,20-21,23H,1-9,11H2. The Hall–Kier alpha value is -1.38. The topological polar surface area (TPSA) is 81.7 Å². The van der Waals surface area contributed by atoms with Crippen LogP contribution in [0.5, 0.6) is 5.75 Å². The lowest BCUT2D eigenvalue weighted by Crippen LogP contribution is -2.30. The fourth-order valence-electron chi connectivity index (χ4n) is 4.27. The fourth-order valence-corrected chi connectivity index (χ4v) is 5.52. The molecule has 144 valence electrons. The quantitative estimate of drug-likeness (QED) is 0.653. The second kappa shape index (κ2) is 6.98. The number of rotatable bonds is 6. The van der Waals surface area contributed by atoms with Crippen LogP contribution >= 0.6 is 0 Å². The van der Waals surface area contributed by atoms with E-state index >= 15 is 4.39 Å². The lowest BCUT2D eigenvalue weighted by molar-refractivity contribution is 0.289. The van der Waals surface area contributed by atoms with Gasteiger partial charge in [-0.1, -0.05) is 19.3 Å². The Bertz CT molecular complexity index is 795. The van der Waals surface area contributed by atoms with Gasteiger partial charge in [0.1, 0.15) is 11.4 Å². The predicted molar refractivity (Wildman–Crippen MR) is 98.1 cm³/mol. The highest BCUT2D eigenvalue weighted by Crippen LogP contribution is 2.41. The number of phenolic OH excluding ortho intramolecular Hbond substituents is 1. The molecule has 3 aliphatic rings. The van der Waals surface area contributed by atoms with E-state index in [-0.39, 0.29) is 30.4 Å². The molecule has 0 spiro atoms. The van der Waals surface area contributed by atoms with Crippen molar-refractivity contribution in [2.75, 3.05) is 30.5 Å². The highest BCUT2D eigenvalue weighted by Gasteiger charge is 2.36. The maximum Gasteiger partial charge on any atom is 0.301 e. The lowest BCUT2D eigenvalue weighted by Gasteiger charge is -2.25. The summed E-state index contributed by atoms with van der Waals surface area (Å²) in [6.07, 6.45) is 6.54. The molecule has 0 bridgehead atoms. The number of nitrogens with zero attached hydrogens (tertiary/aromatic N) is 1. The SMILES string of the molecule is O=S1(=O)NCCN1c1c(O)cc2c(c1F)CC(CNCCC1CCC1)C2. The number of halogens is 1. The van der Waals surface area contributed by atoms with E-state index in [2.05, 4.69) is 10.0 Å². The summed E-state index contributed by atoms with van der Waals surface area (Å²) in [6.45, 7) is 2.15. The van der Waals surface area contributed by atoms with Gasteiger partial charge in [0.15, 0.2) is 5.82 Å². The molecule has 1 aromatic rings. The van der Waals surface area contributed by atoms with Gasteiger partial charge in [0, 0.05) is 13.1 Å². The third-order valence-corrected chi connectivity index (χ3v) is 7.46. The summed E-state index contributed by atoms with van der Waals surface area (Å²) in [4.78, 5) is 0. The number of aromatic hydroxyl groups is 1. The summed E-state index contributed by atoms with van der Waals surface area (Å²) < 4.78 is 42.3. The first-order valence-corrected chi connectivity index (χ1v) is 10.9. The normalized spacial score (nSPS) is 24.7. The molecule has 6 nitrogen and oxygen atoms in total. The van der Waals surface area contributed by atoms with Crippen molar-refractivity contribution in [3.05, 3.63) is 23.0 Å². The molecule has 2 fully saturated rings. The lowest BCUT2D eigenvalue weighted by atomic mass is 9.83. The first-order chi connectivity index (χ1) is 12.5. The highest BCUT2D eigenvalue weighted by atomic mass is 32.2. The van der Waals surface area contributed by atoms with Crippen molar-refractivity contribution in [2.24, 2.45) is 11.8 Å². The Morgan fingerprint density at radius 3 is 2.77 bits per heavy atom. The molecule has 26 heavy (non-hydrogen) atoms. The van der Waals surface area contributed by atoms with Crippen molar-refractivity contribution in [3.63, 3.8) is 0 Å². The van der Waals surface area contributed by atoms with Gasteiger partial charge in [0.25, 0.3) is 0 Å². The van der Waals surface area contributed by atoms with E-state index in [9.17, 15) is 13.5 Å². The molecule has 4 rings (SSSR count). The van der Waals surface area contributed by atoms with Gasteiger partial charge >= 0.3 is 10.2 Å². The number of hydrogen-bond donors (Lipinski definition) is 3. The molecule has 3 N–H and O–H groups in total. The van der Waals surface area contributed by atoms with E-state index in [0.29, 0.717) is 18.4 Å². The van der Waals surface area contributed by atoms with Crippen LogP contribution in [0.4, 0.5) is 10.1 Å². The van der Waals surface area contributed by atoms with Gasteiger partial charge in [-0.05, 0) is 61.4 Å². The van der Waals surface area contributed by atoms with Gasteiger partial charge in [-0.2, -0.15) is 13.1 Å². The van der Waals surface area contributed by atoms with Gasteiger partial charge in [0.2, 0.25) is 0 Å². The van der Waals surface area contributed by atoms with E-state index in [0.717, 1.165) is 28.9 Å². The molecule has 1 saturated heterocycles. The van der Waals surface area contributed by atoms with Crippen LogP contribution in [0.25, 0.3) is 0 Å². The van der Waals surface area contributed by atoms with E-state index in [1.807, 2.05) is 0 Å². The minimum absolute atomic E-state index is 0.123. The molecule has 1 saturated carbocycles. The second-order valence-electron chi connectivity index (χ2n) is 7.73. The van der Waals surface area contributed by atoms with Gasteiger partial charge in [-0.3, -0.25) is 0 Å². The molecule has 2 aliphatic carbocycles. The summed E-state index contributed by atoms with van der Waals surface area (Å²) in [6, 6.07) is 1.54. The molecular weight excluding hydrogens is 357 g/mol. The molecule has 1 atom stereocenters. The Morgan fingerprint density at radius 2 is 2.12 bits per heavy atom. The molecule has 0 amide bonds. The summed E-state index contributed by atoms with van der Waals surface area (Å²) in [5.41, 5.74) is 1.12. The Labute approximate surface area is 154 Å². The smallest absolute Gasteiger partial charge is 0.301 e. The number of phenols is 1. The van der Waals surface area contributed by atoms with Crippen molar-refractivity contribution >= 4 is 15.9 Å². The van der Waals surface area contributed by atoms with Gasteiger partial charge in [0.05, 0.1) is 0 Å². The van der Waals surface area contributed by atoms with Crippen LogP contribution in [0.2, 0.25) is 0 Å². The molecule has 1 heterocycles. The summed E-state index contributed by atoms with van der Waals surface area (Å²) in [7, 11) is -3.77. The summed E-state index contributed by atoms with van der Waals surface area (Å²) in [5, 5.41) is 13.7. The maximum absolute atomic E-state index is 15.0. The van der Waals surface area contributed by atoms with Crippen LogP contribution in [0, 0.1) is 17.7 Å². The summed E-state index contributed by atoms with van der Waals surface area (Å²) in [5.74, 6) is 0.261. The molecule has 0 aromatic heterocycles. The van der Waals surface area contributed by atoms with Crippen LogP contribution in [-0.4, -0.2) is 39.7 Å². The van der Waals surface area contributed by atoms with Crippen molar-refractivity contribution < 1.29 is 17.9 Å². The minimum atomic E-state index is -3.77. The third-order valence-electron chi connectivity index (χ3n) is 5.94. The van der Waals surface area contributed by atoms with Gasteiger partial charge < -0.3 is 10.4 Å². The number of nitrogens with one attached hydrogen (secondary N) is 2. The van der Waals surface area contributed by atoms with E-state index in [1.54, 1.807) is 0 Å². The van der Waals surface area contributed by atoms with Crippen LogP contribution in [0.1, 0.15) is 36.8 Å². The highest BCUT2D eigenvalue weighted by molar-refractivity contribution is 7.91. The number of hydrogen-bond acceptors (Lipinski definition) is 4. The number of fused-ring (bicyclic) bond motifs is 1. The zero-order valence-electron chi connectivity index (χ0n) is 14.8. The zero-order chi connectivity index (χ0) is 18.3. The minimum Gasteiger partial charge on any atom is -0.506 e. The van der Waals surface area contributed by atoms with Gasteiger partial charge in [-0.25, -0.2) is 8.70 Å². The third kappa shape index (κ3) is 3.30. The average molecular weight is 383 g/mol. The molecular formula is C18H26FN3O3S. The molecule has 1 unspecified atom stereocenters. The van der Waals surface area contributed by atoms with E-state index in [1.165, 1.54) is 31.7 Å². The zero-order valence-corrected chi connectivity index (χ0v) is 15.6. The van der Waals surface area contributed by atoms with Crippen molar-refractivity contribution in [1.82, 2.24) is 10.0 Å². The van der Waals surface area contributed by atoms with Crippen LogP contribution in [-0.2, 0) is 23.1 Å².